The molecule has 0 heterocycles. The van der Waals surface area contributed by atoms with E-state index in [1.807, 2.05) is 0 Å². The quantitative estimate of drug-likeness (QED) is 0.745. The first-order valence-corrected chi connectivity index (χ1v) is 6.44. The van der Waals surface area contributed by atoms with E-state index in [4.69, 9.17) is 0 Å². The summed E-state index contributed by atoms with van der Waals surface area (Å²) in [5, 5.41) is 3.45. The van der Waals surface area contributed by atoms with Crippen molar-refractivity contribution in [2.45, 2.75) is 37.9 Å². The van der Waals surface area contributed by atoms with E-state index < -0.39 is 12.7 Å². The van der Waals surface area contributed by atoms with Crippen molar-refractivity contribution in [2.75, 3.05) is 26.7 Å². The Morgan fingerprint density at radius 1 is 1.18 bits per heavy atom. The number of halogens is 3. The minimum absolute atomic E-state index is 0.468. The van der Waals surface area contributed by atoms with Crippen molar-refractivity contribution in [1.29, 1.82) is 0 Å². The zero-order valence-electron chi connectivity index (χ0n) is 10.3. The summed E-state index contributed by atoms with van der Waals surface area (Å²) in [6.07, 6.45) is 1.11. The fourth-order valence-electron chi connectivity index (χ4n) is 2.44. The fourth-order valence-corrected chi connectivity index (χ4v) is 2.44. The van der Waals surface area contributed by atoms with Crippen LogP contribution in [0.15, 0.2) is 0 Å². The normalized spacial score (nSPS) is 21.5. The molecule has 0 saturated heterocycles. The van der Waals surface area contributed by atoms with E-state index in [-0.39, 0.29) is 0 Å². The number of hydrogen-bond donors (Lipinski definition) is 1. The molecular weight excluding hydrogens is 229 g/mol. The Kier molecular flexibility index (Phi) is 3.98. The zero-order valence-corrected chi connectivity index (χ0v) is 10.3. The lowest BCUT2D eigenvalue weighted by atomic mass is 10.1. The van der Waals surface area contributed by atoms with Gasteiger partial charge in [0.25, 0.3) is 0 Å². The maximum absolute atomic E-state index is 12.1. The van der Waals surface area contributed by atoms with E-state index in [1.54, 1.807) is 0 Å². The summed E-state index contributed by atoms with van der Waals surface area (Å²) in [5.41, 5.74) is 0. The molecule has 0 atom stereocenters. The predicted octanol–water partition coefficient (Wildman–Crippen LogP) is 2.26. The van der Waals surface area contributed by atoms with Gasteiger partial charge < -0.3 is 5.32 Å². The maximum atomic E-state index is 12.1. The number of hydrogen-bond acceptors (Lipinski definition) is 2. The third-order valence-electron chi connectivity index (χ3n) is 3.58. The smallest absolute Gasteiger partial charge is 0.312 e. The van der Waals surface area contributed by atoms with Crippen molar-refractivity contribution >= 4 is 0 Å². The van der Waals surface area contributed by atoms with Crippen molar-refractivity contribution in [1.82, 2.24) is 10.2 Å². The van der Waals surface area contributed by atoms with Crippen molar-refractivity contribution in [3.63, 3.8) is 0 Å². The van der Waals surface area contributed by atoms with Gasteiger partial charge in [-0.2, -0.15) is 13.2 Å². The lowest BCUT2D eigenvalue weighted by Gasteiger charge is -2.22. The van der Waals surface area contributed by atoms with Crippen LogP contribution in [0.4, 0.5) is 13.2 Å². The minimum atomic E-state index is -4.08. The van der Waals surface area contributed by atoms with Gasteiger partial charge in [-0.05, 0) is 44.6 Å². The van der Waals surface area contributed by atoms with E-state index in [0.717, 1.165) is 11.8 Å². The number of nitrogens with zero attached hydrogens (tertiary/aromatic N) is 1. The van der Waals surface area contributed by atoms with Gasteiger partial charge in [0, 0.05) is 19.1 Å². The molecule has 1 N–H and O–H groups in total. The molecule has 2 fully saturated rings. The maximum Gasteiger partial charge on any atom is 0.401 e. The van der Waals surface area contributed by atoms with E-state index in [9.17, 15) is 13.2 Å². The second kappa shape index (κ2) is 5.14. The van der Waals surface area contributed by atoms with Crippen molar-refractivity contribution in [2.24, 2.45) is 11.8 Å². The summed E-state index contributed by atoms with van der Waals surface area (Å²) in [6, 6.07) is 0.578. The van der Waals surface area contributed by atoms with Gasteiger partial charge in [0.15, 0.2) is 0 Å². The fraction of sp³-hybridized carbons (Fsp3) is 1.00. The van der Waals surface area contributed by atoms with Crippen molar-refractivity contribution in [3.8, 4) is 0 Å². The summed E-state index contributed by atoms with van der Waals surface area (Å²) in [4.78, 5) is 1.34. The lowest BCUT2D eigenvalue weighted by molar-refractivity contribution is -0.142. The van der Waals surface area contributed by atoms with Crippen molar-refractivity contribution in [3.05, 3.63) is 0 Å². The molecule has 2 aliphatic carbocycles. The van der Waals surface area contributed by atoms with Gasteiger partial charge in [0.2, 0.25) is 0 Å². The zero-order chi connectivity index (χ0) is 12.5. The van der Waals surface area contributed by atoms with Crippen LogP contribution in [0.3, 0.4) is 0 Å². The van der Waals surface area contributed by atoms with Crippen LogP contribution in [0.2, 0.25) is 0 Å². The van der Waals surface area contributed by atoms with E-state index >= 15 is 0 Å². The Morgan fingerprint density at radius 3 is 2.12 bits per heavy atom. The predicted molar refractivity (Wildman–Crippen MR) is 60.8 cm³/mol. The SMILES string of the molecule is CN(CCNC(C1CC1)C1CC1)CC(F)(F)F. The first-order valence-electron chi connectivity index (χ1n) is 6.44. The molecule has 0 bridgehead atoms. The highest BCUT2D eigenvalue weighted by Gasteiger charge is 2.40. The van der Waals surface area contributed by atoms with Crippen LogP contribution in [-0.4, -0.2) is 43.8 Å². The molecule has 0 aromatic rings. The molecule has 2 saturated carbocycles. The van der Waals surface area contributed by atoms with Crippen molar-refractivity contribution < 1.29 is 13.2 Å². The molecular formula is C12H21F3N2. The summed E-state index contributed by atoms with van der Waals surface area (Å²) in [5.74, 6) is 1.60. The van der Waals surface area contributed by atoms with E-state index in [1.165, 1.54) is 37.6 Å². The molecule has 5 heteroatoms. The number of nitrogens with one attached hydrogen (secondary N) is 1. The standard InChI is InChI=1S/C12H21F3N2/c1-17(8-12(13,14)15)7-6-16-11(9-2-3-9)10-4-5-10/h9-11,16H,2-8H2,1H3. The lowest BCUT2D eigenvalue weighted by Crippen LogP contribution is -2.40. The van der Waals surface area contributed by atoms with E-state index in [2.05, 4.69) is 5.32 Å². The molecule has 2 rings (SSSR count). The molecule has 2 nitrogen and oxygen atoms in total. The molecule has 0 aromatic heterocycles. The van der Waals surface area contributed by atoms with Crippen LogP contribution in [0.1, 0.15) is 25.7 Å². The van der Waals surface area contributed by atoms with Gasteiger partial charge in [-0.25, -0.2) is 0 Å². The second-order valence-corrected chi connectivity index (χ2v) is 5.51. The summed E-state index contributed by atoms with van der Waals surface area (Å²) >= 11 is 0. The van der Waals surface area contributed by atoms with Gasteiger partial charge >= 0.3 is 6.18 Å². The van der Waals surface area contributed by atoms with Crippen LogP contribution < -0.4 is 5.32 Å². The van der Waals surface area contributed by atoms with Crippen LogP contribution in [0, 0.1) is 11.8 Å². The molecule has 0 spiro atoms. The van der Waals surface area contributed by atoms with E-state index in [0.29, 0.717) is 19.1 Å². The Bertz CT molecular complexity index is 235. The van der Waals surface area contributed by atoms with Crippen LogP contribution in [-0.2, 0) is 0 Å². The molecule has 0 aromatic carbocycles. The highest BCUT2D eigenvalue weighted by atomic mass is 19.4. The van der Waals surface area contributed by atoms with Gasteiger partial charge in [-0.15, -0.1) is 0 Å². The molecule has 0 amide bonds. The van der Waals surface area contributed by atoms with Gasteiger partial charge in [0.1, 0.15) is 0 Å². The van der Waals surface area contributed by atoms with Gasteiger partial charge in [-0.3, -0.25) is 4.90 Å². The first-order chi connectivity index (χ1) is 7.96. The number of rotatable bonds is 7. The largest absolute Gasteiger partial charge is 0.401 e. The Labute approximate surface area is 101 Å². The Hall–Kier alpha value is -0.290. The third-order valence-corrected chi connectivity index (χ3v) is 3.58. The first kappa shape index (κ1) is 13.1. The molecule has 100 valence electrons. The Morgan fingerprint density at radius 2 is 1.71 bits per heavy atom. The van der Waals surface area contributed by atoms with Crippen LogP contribution in [0.25, 0.3) is 0 Å². The molecule has 0 radical (unpaired) electrons. The molecule has 17 heavy (non-hydrogen) atoms. The minimum Gasteiger partial charge on any atom is -0.312 e. The summed E-state index contributed by atoms with van der Waals surface area (Å²) in [7, 11) is 1.53. The molecule has 0 unspecified atom stereocenters. The third kappa shape index (κ3) is 4.84. The topological polar surface area (TPSA) is 15.3 Å². The highest BCUT2D eigenvalue weighted by molar-refractivity contribution is 4.96. The molecule has 0 aliphatic heterocycles. The summed E-state index contributed by atoms with van der Waals surface area (Å²) < 4.78 is 36.3. The average molecular weight is 250 g/mol. The Balaban J connectivity index is 1.61. The summed E-state index contributed by atoms with van der Waals surface area (Å²) in [6.45, 7) is 0.325. The second-order valence-electron chi connectivity index (χ2n) is 5.51. The van der Waals surface area contributed by atoms with Gasteiger partial charge in [0.05, 0.1) is 6.54 Å². The van der Waals surface area contributed by atoms with Gasteiger partial charge in [-0.1, -0.05) is 0 Å². The highest BCUT2D eigenvalue weighted by Crippen LogP contribution is 2.44. The average Bonchev–Trinajstić information content (AvgIpc) is 3.01. The molecule has 2 aliphatic rings. The number of alkyl halides is 3. The van der Waals surface area contributed by atoms with Crippen LogP contribution >= 0.6 is 0 Å². The number of likely N-dealkylation sites (N-methyl/N-ethyl adjacent to an activating group) is 1. The monoisotopic (exact) mass is 250 g/mol. The van der Waals surface area contributed by atoms with Crippen LogP contribution in [0.5, 0.6) is 0 Å².